The van der Waals surface area contributed by atoms with Gasteiger partial charge in [-0.1, -0.05) is 25.1 Å². The summed E-state index contributed by atoms with van der Waals surface area (Å²) < 4.78 is 5.88. The van der Waals surface area contributed by atoms with E-state index in [1.165, 1.54) is 12.8 Å². The van der Waals surface area contributed by atoms with Crippen molar-refractivity contribution in [1.82, 2.24) is 4.98 Å². The number of para-hydroxylation sites is 1. The molecule has 5 nitrogen and oxygen atoms in total. The second-order valence-corrected chi connectivity index (χ2v) is 8.40. The van der Waals surface area contributed by atoms with Crippen LogP contribution in [0.25, 0.3) is 10.9 Å². The summed E-state index contributed by atoms with van der Waals surface area (Å²) >= 11 is 0. The summed E-state index contributed by atoms with van der Waals surface area (Å²) in [6.07, 6.45) is 2.46. The van der Waals surface area contributed by atoms with Gasteiger partial charge in [0.05, 0.1) is 0 Å². The Hall–Kier alpha value is -3.08. The van der Waals surface area contributed by atoms with Crippen molar-refractivity contribution >= 4 is 28.3 Å². The van der Waals surface area contributed by atoms with Crippen molar-refractivity contribution in [3.8, 4) is 5.75 Å². The Morgan fingerprint density at radius 1 is 1.17 bits per heavy atom. The van der Waals surface area contributed by atoms with E-state index < -0.39 is 0 Å². The molecule has 3 aromatic rings. The smallest absolute Gasteiger partial charge is 0.262 e. The summed E-state index contributed by atoms with van der Waals surface area (Å²) in [5.41, 5.74) is 3.82. The number of fused-ring (bicyclic) bond motifs is 1. The highest BCUT2D eigenvalue weighted by Gasteiger charge is 2.18. The lowest BCUT2D eigenvalue weighted by Crippen LogP contribution is -2.34. The lowest BCUT2D eigenvalue weighted by Gasteiger charge is -2.32. The number of hydrogen-bond acceptors (Lipinski definition) is 4. The number of aryl methyl sites for hydroxylation is 2. The standard InChI is InChI=1S/C25H29N3O2/c1-17-6-5-11-28(15-17)23-10-9-20-7-4-8-22(25(20)27-23)30-16-24(29)26-21-13-18(2)12-19(3)14-21/h4,7-10,12-14,17H,5-6,11,15-16H2,1-3H3,(H,26,29)/t17-/m0/s1. The van der Waals surface area contributed by atoms with Gasteiger partial charge >= 0.3 is 0 Å². The molecule has 1 amide bonds. The molecular formula is C25H29N3O2. The number of nitrogens with one attached hydrogen (secondary N) is 1. The highest BCUT2D eigenvalue weighted by molar-refractivity contribution is 5.92. The molecule has 1 aromatic heterocycles. The lowest BCUT2D eigenvalue weighted by atomic mass is 10.0. The molecule has 4 rings (SSSR count). The zero-order valence-electron chi connectivity index (χ0n) is 17.9. The predicted octanol–water partition coefficient (Wildman–Crippen LogP) is 5.11. The van der Waals surface area contributed by atoms with Crippen LogP contribution >= 0.6 is 0 Å². The number of carbonyl (C=O) groups is 1. The average Bonchev–Trinajstić information content (AvgIpc) is 2.71. The Kier molecular flexibility index (Phi) is 5.88. The predicted molar refractivity (Wildman–Crippen MR) is 122 cm³/mol. The van der Waals surface area contributed by atoms with Crippen LogP contribution in [0.3, 0.4) is 0 Å². The summed E-state index contributed by atoms with van der Waals surface area (Å²) in [7, 11) is 0. The van der Waals surface area contributed by atoms with E-state index in [-0.39, 0.29) is 12.5 Å². The van der Waals surface area contributed by atoms with Gasteiger partial charge in [0, 0.05) is 24.2 Å². The van der Waals surface area contributed by atoms with Gasteiger partial charge in [-0.2, -0.15) is 0 Å². The molecule has 1 atom stereocenters. The number of pyridine rings is 1. The van der Waals surface area contributed by atoms with Gasteiger partial charge in [0.1, 0.15) is 17.1 Å². The van der Waals surface area contributed by atoms with E-state index in [0.717, 1.165) is 46.6 Å². The van der Waals surface area contributed by atoms with Gasteiger partial charge in [0.2, 0.25) is 0 Å². The minimum absolute atomic E-state index is 0.0568. The minimum Gasteiger partial charge on any atom is -0.481 e. The number of benzene rings is 2. The molecule has 5 heteroatoms. The molecule has 1 aliphatic heterocycles. The molecule has 1 saturated heterocycles. The Balaban J connectivity index is 1.49. The molecule has 0 unspecified atom stereocenters. The van der Waals surface area contributed by atoms with Crippen LogP contribution in [0.15, 0.2) is 48.5 Å². The fourth-order valence-corrected chi connectivity index (χ4v) is 4.19. The van der Waals surface area contributed by atoms with Gasteiger partial charge in [0.15, 0.2) is 6.61 Å². The van der Waals surface area contributed by atoms with Crippen molar-refractivity contribution in [2.24, 2.45) is 5.92 Å². The van der Waals surface area contributed by atoms with E-state index in [4.69, 9.17) is 9.72 Å². The zero-order chi connectivity index (χ0) is 21.1. The number of aromatic nitrogens is 1. The van der Waals surface area contributed by atoms with Gasteiger partial charge in [-0.15, -0.1) is 0 Å². The van der Waals surface area contributed by atoms with Gasteiger partial charge in [-0.3, -0.25) is 4.79 Å². The monoisotopic (exact) mass is 403 g/mol. The fourth-order valence-electron chi connectivity index (χ4n) is 4.19. The fraction of sp³-hybridized carbons (Fsp3) is 0.360. The number of ether oxygens (including phenoxy) is 1. The Bertz CT molecular complexity index is 1040. The van der Waals surface area contributed by atoms with Crippen LogP contribution in [0.5, 0.6) is 5.75 Å². The molecule has 0 aliphatic carbocycles. The van der Waals surface area contributed by atoms with Crippen molar-refractivity contribution in [2.45, 2.75) is 33.6 Å². The van der Waals surface area contributed by atoms with E-state index >= 15 is 0 Å². The first-order chi connectivity index (χ1) is 14.5. The number of carbonyl (C=O) groups excluding carboxylic acids is 1. The molecule has 1 aliphatic rings. The van der Waals surface area contributed by atoms with Gasteiger partial charge in [-0.25, -0.2) is 4.98 Å². The van der Waals surface area contributed by atoms with E-state index in [9.17, 15) is 4.79 Å². The van der Waals surface area contributed by atoms with E-state index in [2.05, 4.69) is 35.3 Å². The van der Waals surface area contributed by atoms with Crippen LogP contribution in [0.1, 0.15) is 30.9 Å². The highest BCUT2D eigenvalue weighted by Crippen LogP contribution is 2.28. The maximum Gasteiger partial charge on any atom is 0.262 e. The molecule has 2 aromatic carbocycles. The number of hydrogen-bond donors (Lipinski definition) is 1. The molecule has 0 saturated carbocycles. The average molecular weight is 404 g/mol. The summed E-state index contributed by atoms with van der Waals surface area (Å²) in [4.78, 5) is 19.7. The molecule has 0 radical (unpaired) electrons. The van der Waals surface area contributed by atoms with Gasteiger partial charge < -0.3 is 15.0 Å². The zero-order valence-corrected chi connectivity index (χ0v) is 17.9. The lowest BCUT2D eigenvalue weighted by molar-refractivity contribution is -0.118. The summed E-state index contributed by atoms with van der Waals surface area (Å²) in [5.74, 6) is 2.11. The maximum atomic E-state index is 12.4. The SMILES string of the molecule is Cc1cc(C)cc(NC(=O)COc2cccc3ccc(N4CCC[C@H](C)C4)nc23)c1. The van der Waals surface area contributed by atoms with Crippen LogP contribution in [0.2, 0.25) is 0 Å². The maximum absolute atomic E-state index is 12.4. The van der Waals surface area contributed by atoms with E-state index in [0.29, 0.717) is 11.7 Å². The summed E-state index contributed by atoms with van der Waals surface area (Å²) in [6.45, 7) is 8.32. The summed E-state index contributed by atoms with van der Waals surface area (Å²) in [5, 5.41) is 3.93. The molecule has 1 fully saturated rings. The second kappa shape index (κ2) is 8.74. The topological polar surface area (TPSA) is 54.5 Å². The highest BCUT2D eigenvalue weighted by atomic mass is 16.5. The van der Waals surface area contributed by atoms with Crippen LogP contribution in [-0.4, -0.2) is 30.6 Å². The number of rotatable bonds is 5. The number of piperidine rings is 1. The van der Waals surface area contributed by atoms with Crippen LogP contribution < -0.4 is 15.0 Å². The number of amides is 1. The second-order valence-electron chi connectivity index (χ2n) is 8.40. The minimum atomic E-state index is -0.182. The number of nitrogens with zero attached hydrogens (tertiary/aromatic N) is 2. The van der Waals surface area contributed by atoms with Crippen molar-refractivity contribution in [2.75, 3.05) is 29.9 Å². The molecule has 30 heavy (non-hydrogen) atoms. The van der Waals surface area contributed by atoms with Crippen LogP contribution in [-0.2, 0) is 4.79 Å². The Labute approximate surface area is 178 Å². The first-order valence-electron chi connectivity index (χ1n) is 10.6. The summed E-state index contributed by atoms with van der Waals surface area (Å²) in [6, 6.07) is 16.0. The largest absolute Gasteiger partial charge is 0.481 e. The molecule has 0 spiro atoms. The molecule has 156 valence electrons. The van der Waals surface area contributed by atoms with Crippen LogP contribution in [0, 0.1) is 19.8 Å². The van der Waals surface area contributed by atoms with E-state index in [1.807, 2.05) is 44.2 Å². The Morgan fingerprint density at radius 2 is 1.97 bits per heavy atom. The normalized spacial score (nSPS) is 16.5. The molecular weight excluding hydrogens is 374 g/mol. The Morgan fingerprint density at radius 3 is 2.73 bits per heavy atom. The number of anilines is 2. The van der Waals surface area contributed by atoms with Gasteiger partial charge in [-0.05, 0) is 74.1 Å². The third kappa shape index (κ3) is 4.73. The van der Waals surface area contributed by atoms with Crippen molar-refractivity contribution in [3.05, 3.63) is 59.7 Å². The van der Waals surface area contributed by atoms with Crippen LogP contribution in [0.4, 0.5) is 11.5 Å². The first-order valence-corrected chi connectivity index (χ1v) is 10.6. The third-order valence-electron chi connectivity index (χ3n) is 5.51. The molecule has 1 N–H and O–H groups in total. The van der Waals surface area contributed by atoms with Crippen molar-refractivity contribution < 1.29 is 9.53 Å². The van der Waals surface area contributed by atoms with Crippen molar-refractivity contribution in [1.29, 1.82) is 0 Å². The first kappa shape index (κ1) is 20.2. The van der Waals surface area contributed by atoms with E-state index in [1.54, 1.807) is 0 Å². The molecule has 0 bridgehead atoms. The third-order valence-corrected chi connectivity index (χ3v) is 5.51. The molecule has 2 heterocycles. The quantitative estimate of drug-likeness (QED) is 0.643. The van der Waals surface area contributed by atoms with Gasteiger partial charge in [0.25, 0.3) is 5.91 Å². The van der Waals surface area contributed by atoms with Crippen molar-refractivity contribution in [3.63, 3.8) is 0 Å².